The fourth-order valence-electron chi connectivity index (χ4n) is 7.20. The number of nitrogens with zero attached hydrogens (tertiary/aromatic N) is 4. The Balaban J connectivity index is 0.00000451. The fourth-order valence-corrected chi connectivity index (χ4v) is 8.19. The highest BCUT2D eigenvalue weighted by Gasteiger charge is 2.57. The number of aryl methyl sites for hydroxylation is 2. The summed E-state index contributed by atoms with van der Waals surface area (Å²) in [4.78, 5) is 39.5. The normalized spacial score (nSPS) is 20.3. The Kier molecular flexibility index (Phi) is 8.67. The van der Waals surface area contributed by atoms with Crippen LogP contribution in [0.2, 0.25) is 0 Å². The molecule has 3 aliphatic rings. The van der Waals surface area contributed by atoms with E-state index in [0.29, 0.717) is 25.2 Å². The molecule has 1 atom stereocenters. The molecule has 1 aromatic heterocycles. The SMILES string of the molecule is Cc1cccc(C)c1-c1cc2nc(n1)NS(=O)(=O)c1cccc(c1)C(=O)N(C1CC3(C1)CN(C(=O)OC(C)C)C3)[C@H](CC(C)C)CO2.[HH]. The van der Waals surface area contributed by atoms with Crippen LogP contribution in [0.3, 0.4) is 0 Å². The summed E-state index contributed by atoms with van der Waals surface area (Å²) < 4.78 is 41.5. The number of carbonyl (C=O) groups is 2. The monoisotopic (exact) mass is 663 g/mol. The van der Waals surface area contributed by atoms with E-state index in [9.17, 15) is 18.0 Å². The summed E-state index contributed by atoms with van der Waals surface area (Å²) in [6.07, 6.45) is 1.63. The fraction of sp³-hybridized carbons (Fsp3) is 0.486. The number of rotatable bonds is 5. The molecule has 3 heterocycles. The molecule has 3 aromatic rings. The van der Waals surface area contributed by atoms with Crippen molar-refractivity contribution in [1.29, 1.82) is 0 Å². The molecule has 252 valence electrons. The summed E-state index contributed by atoms with van der Waals surface area (Å²) in [5.74, 6) is 0.0960. The number of carbonyl (C=O) groups excluding carboxylic acids is 2. The largest absolute Gasteiger partial charge is 0.475 e. The second kappa shape index (κ2) is 12.4. The van der Waals surface area contributed by atoms with Gasteiger partial charge in [0, 0.05) is 43.2 Å². The molecule has 1 saturated carbocycles. The Morgan fingerprint density at radius 2 is 1.74 bits per heavy atom. The van der Waals surface area contributed by atoms with Gasteiger partial charge in [0.15, 0.2) is 0 Å². The van der Waals surface area contributed by atoms with Crippen LogP contribution in [-0.2, 0) is 14.8 Å². The molecule has 2 amide bonds. The van der Waals surface area contributed by atoms with Crippen LogP contribution in [0.25, 0.3) is 11.3 Å². The van der Waals surface area contributed by atoms with Crippen molar-refractivity contribution in [2.24, 2.45) is 11.3 Å². The van der Waals surface area contributed by atoms with E-state index in [-0.39, 0.29) is 71.8 Å². The van der Waals surface area contributed by atoms with Gasteiger partial charge in [0.25, 0.3) is 15.9 Å². The molecule has 2 fully saturated rings. The first-order valence-corrected chi connectivity index (χ1v) is 17.7. The van der Waals surface area contributed by atoms with Crippen molar-refractivity contribution in [3.8, 4) is 17.1 Å². The minimum atomic E-state index is -4.15. The number of amides is 2. The first-order chi connectivity index (χ1) is 22.2. The Hall–Kier alpha value is -4.19. The minimum absolute atomic E-state index is 0. The molecule has 1 spiro atoms. The predicted molar refractivity (Wildman–Crippen MR) is 180 cm³/mol. The molecule has 6 rings (SSSR count). The molecule has 0 unspecified atom stereocenters. The second-order valence-corrected chi connectivity index (χ2v) is 15.7. The van der Waals surface area contributed by atoms with E-state index >= 15 is 0 Å². The van der Waals surface area contributed by atoms with Gasteiger partial charge in [-0.05, 0) is 82.2 Å². The third-order valence-corrected chi connectivity index (χ3v) is 10.6. The average Bonchev–Trinajstić information content (AvgIpc) is 2.94. The zero-order valence-electron chi connectivity index (χ0n) is 27.8. The Morgan fingerprint density at radius 1 is 1.06 bits per heavy atom. The number of likely N-dealkylation sites (tertiary alicyclic amines) is 1. The van der Waals surface area contributed by atoms with Gasteiger partial charge in [-0.1, -0.05) is 38.1 Å². The van der Waals surface area contributed by atoms with E-state index in [0.717, 1.165) is 29.5 Å². The van der Waals surface area contributed by atoms with Gasteiger partial charge in [0.2, 0.25) is 11.8 Å². The maximum absolute atomic E-state index is 14.4. The first-order valence-electron chi connectivity index (χ1n) is 16.2. The highest BCUT2D eigenvalue weighted by molar-refractivity contribution is 7.92. The van der Waals surface area contributed by atoms with Gasteiger partial charge in [0.05, 0.1) is 22.7 Å². The van der Waals surface area contributed by atoms with Crippen LogP contribution >= 0.6 is 0 Å². The highest BCUT2D eigenvalue weighted by atomic mass is 32.2. The number of hydrogen-bond acceptors (Lipinski definition) is 8. The Morgan fingerprint density at radius 3 is 2.40 bits per heavy atom. The van der Waals surface area contributed by atoms with Crippen molar-refractivity contribution < 1.29 is 28.9 Å². The first kappa shape index (κ1) is 32.7. The maximum atomic E-state index is 14.4. The topological polar surface area (TPSA) is 131 Å². The summed E-state index contributed by atoms with van der Waals surface area (Å²) in [5, 5.41) is 0. The lowest BCUT2D eigenvalue weighted by Gasteiger charge is -2.61. The van der Waals surface area contributed by atoms with Crippen molar-refractivity contribution in [3.05, 3.63) is 65.2 Å². The van der Waals surface area contributed by atoms with Crippen LogP contribution in [-0.4, -0.2) is 78.1 Å². The van der Waals surface area contributed by atoms with E-state index in [2.05, 4.69) is 28.5 Å². The molecule has 2 aliphatic heterocycles. The van der Waals surface area contributed by atoms with Crippen LogP contribution in [0, 0.1) is 25.2 Å². The quantitative estimate of drug-likeness (QED) is 0.348. The van der Waals surface area contributed by atoms with E-state index in [1.54, 1.807) is 23.1 Å². The molecule has 1 saturated heterocycles. The zero-order valence-corrected chi connectivity index (χ0v) is 28.6. The molecule has 12 heteroatoms. The summed E-state index contributed by atoms with van der Waals surface area (Å²) in [6.45, 7) is 13.2. The lowest BCUT2D eigenvalue weighted by atomic mass is 9.60. The molecule has 4 bridgehead atoms. The third-order valence-electron chi connectivity index (χ3n) is 9.23. The van der Waals surface area contributed by atoms with Crippen molar-refractivity contribution in [2.45, 2.75) is 83.9 Å². The van der Waals surface area contributed by atoms with Crippen LogP contribution in [0.4, 0.5) is 10.7 Å². The van der Waals surface area contributed by atoms with Gasteiger partial charge in [-0.15, -0.1) is 0 Å². The minimum Gasteiger partial charge on any atom is -0.475 e. The number of anilines is 1. The molecule has 47 heavy (non-hydrogen) atoms. The lowest BCUT2D eigenvalue weighted by Crippen LogP contribution is -2.69. The molecular weight excluding hydrogens is 618 g/mol. The number of aromatic nitrogens is 2. The number of ether oxygens (including phenoxy) is 2. The van der Waals surface area contributed by atoms with Gasteiger partial charge in [-0.3, -0.25) is 4.79 Å². The van der Waals surface area contributed by atoms with Crippen LogP contribution in [0.5, 0.6) is 5.88 Å². The maximum Gasteiger partial charge on any atom is 0.410 e. The Labute approximate surface area is 278 Å². The lowest BCUT2D eigenvalue weighted by molar-refractivity contribution is -0.104. The standard InChI is InChI=1S/C35H43N5O6S.H2/c1-21(2)13-26-18-45-30-15-29(31-23(5)9-7-10-24(31)6)36-33(37-30)38-47(43,44)28-12-8-11-25(14-28)32(41)40(26)27-16-35(17-27)19-39(20-35)34(42)46-22(3)4;/h7-12,14-15,21-22,26-27H,13,16-20H2,1-6H3,(H,36,37,38);1H/t26-;/m1./s1. The number of hydrogen-bond donors (Lipinski definition) is 1. The Bertz CT molecular complexity index is 1780. The summed E-state index contributed by atoms with van der Waals surface area (Å²) >= 11 is 0. The van der Waals surface area contributed by atoms with Crippen LogP contribution < -0.4 is 9.46 Å². The van der Waals surface area contributed by atoms with Gasteiger partial charge in [0.1, 0.15) is 6.61 Å². The highest BCUT2D eigenvalue weighted by Crippen LogP contribution is 2.51. The van der Waals surface area contributed by atoms with E-state index < -0.39 is 10.0 Å². The number of sulfonamides is 1. The van der Waals surface area contributed by atoms with E-state index in [1.165, 1.54) is 12.1 Å². The third kappa shape index (κ3) is 6.65. The predicted octanol–water partition coefficient (Wildman–Crippen LogP) is 6.07. The molecule has 1 aliphatic carbocycles. The summed E-state index contributed by atoms with van der Waals surface area (Å²) in [7, 11) is -4.15. The smallest absolute Gasteiger partial charge is 0.410 e. The number of nitrogens with one attached hydrogen (secondary N) is 1. The zero-order chi connectivity index (χ0) is 33.7. The molecule has 0 radical (unpaired) electrons. The van der Waals surface area contributed by atoms with Crippen molar-refractivity contribution >= 4 is 28.0 Å². The van der Waals surface area contributed by atoms with Crippen LogP contribution in [0.1, 0.15) is 69.9 Å². The average molecular weight is 664 g/mol. The van der Waals surface area contributed by atoms with Gasteiger partial charge < -0.3 is 19.3 Å². The number of fused-ring (bicyclic) bond motifs is 4. The van der Waals surface area contributed by atoms with Gasteiger partial charge in [-0.2, -0.15) is 4.98 Å². The summed E-state index contributed by atoms with van der Waals surface area (Å²) in [6, 6.07) is 13.3. The van der Waals surface area contributed by atoms with Gasteiger partial charge in [-0.25, -0.2) is 22.9 Å². The molecule has 1 N–H and O–H groups in total. The molecule has 2 aromatic carbocycles. The van der Waals surface area contributed by atoms with Gasteiger partial charge >= 0.3 is 6.09 Å². The van der Waals surface area contributed by atoms with E-state index in [1.807, 2.05) is 50.8 Å². The number of benzene rings is 2. The second-order valence-electron chi connectivity index (χ2n) is 14.0. The van der Waals surface area contributed by atoms with Crippen molar-refractivity contribution in [2.75, 3.05) is 24.4 Å². The van der Waals surface area contributed by atoms with Crippen molar-refractivity contribution in [3.63, 3.8) is 0 Å². The molecular formula is C35H45N5O6S. The summed E-state index contributed by atoms with van der Waals surface area (Å²) in [5.41, 5.74) is 3.58. The van der Waals surface area contributed by atoms with E-state index in [4.69, 9.17) is 9.47 Å². The molecule has 11 nitrogen and oxygen atoms in total. The van der Waals surface area contributed by atoms with Crippen molar-refractivity contribution in [1.82, 2.24) is 19.8 Å². The van der Waals surface area contributed by atoms with Crippen LogP contribution in [0.15, 0.2) is 53.4 Å².